The first-order valence-corrected chi connectivity index (χ1v) is 8.46. The molecule has 8 heteroatoms. The summed E-state index contributed by atoms with van der Waals surface area (Å²) >= 11 is 3.35. The highest BCUT2D eigenvalue weighted by Crippen LogP contribution is 2.29. The Bertz CT molecular complexity index is 767. The van der Waals surface area contributed by atoms with Crippen LogP contribution in [0.25, 0.3) is 10.9 Å². The molecule has 1 aromatic carbocycles. The molecule has 0 saturated heterocycles. The molecule has 20 heavy (non-hydrogen) atoms. The van der Waals surface area contributed by atoms with E-state index in [2.05, 4.69) is 25.6 Å². The molecule has 0 saturated carbocycles. The Morgan fingerprint density at radius 3 is 2.70 bits per heavy atom. The first-order chi connectivity index (χ1) is 9.30. The Balaban J connectivity index is 2.47. The fraction of sp³-hybridized carbons (Fsp3) is 0.250. The van der Waals surface area contributed by atoms with Gasteiger partial charge in [0.15, 0.2) is 0 Å². The monoisotopic (exact) mass is 360 g/mol. The molecule has 0 amide bonds. The third kappa shape index (κ3) is 3.31. The molecule has 0 aliphatic heterocycles. The van der Waals surface area contributed by atoms with Crippen LogP contribution in [-0.2, 0) is 14.8 Å². The molecular formula is C12H13BrN2O4S. The Kier molecular flexibility index (Phi) is 4.05. The van der Waals surface area contributed by atoms with Gasteiger partial charge in [0.2, 0.25) is 10.0 Å². The number of benzene rings is 1. The minimum absolute atomic E-state index is 0.288. The molecule has 0 atom stereocenters. The number of rotatable bonds is 4. The van der Waals surface area contributed by atoms with Crippen LogP contribution in [0.1, 0.15) is 17.4 Å². The molecule has 0 fully saturated rings. The largest absolute Gasteiger partial charge is 0.461 e. The fourth-order valence-electron chi connectivity index (χ4n) is 1.79. The summed E-state index contributed by atoms with van der Waals surface area (Å²) in [6.07, 6.45) is 1.07. The van der Waals surface area contributed by atoms with Gasteiger partial charge in [-0.15, -0.1) is 0 Å². The number of anilines is 1. The first-order valence-electron chi connectivity index (χ1n) is 5.77. The van der Waals surface area contributed by atoms with E-state index in [1.807, 2.05) is 0 Å². The maximum absolute atomic E-state index is 11.7. The molecule has 2 rings (SSSR count). The highest BCUT2D eigenvalue weighted by Gasteiger charge is 2.13. The molecule has 1 aromatic heterocycles. The molecule has 0 bridgehead atoms. The normalized spacial score (nSPS) is 11.6. The lowest BCUT2D eigenvalue weighted by atomic mass is 10.2. The summed E-state index contributed by atoms with van der Waals surface area (Å²) in [7, 11) is -3.36. The van der Waals surface area contributed by atoms with Gasteiger partial charge >= 0.3 is 5.97 Å². The standard InChI is InChI=1S/C12H13BrN2O4S/c1-3-19-12(16)11-6-8-9(13)4-7(5-10(8)14-11)15-20(2,17)18/h4-6,14-15H,3H2,1-2H3. The van der Waals surface area contributed by atoms with E-state index in [1.54, 1.807) is 25.1 Å². The van der Waals surface area contributed by atoms with Crippen molar-refractivity contribution in [1.82, 2.24) is 4.98 Å². The van der Waals surface area contributed by atoms with Gasteiger partial charge in [0.05, 0.1) is 18.6 Å². The number of aromatic amines is 1. The van der Waals surface area contributed by atoms with Crippen LogP contribution in [0.4, 0.5) is 5.69 Å². The zero-order chi connectivity index (χ0) is 14.9. The molecule has 6 nitrogen and oxygen atoms in total. The van der Waals surface area contributed by atoms with Crippen molar-refractivity contribution in [3.8, 4) is 0 Å². The minimum atomic E-state index is -3.36. The lowest BCUT2D eigenvalue weighted by Crippen LogP contribution is -2.09. The SMILES string of the molecule is CCOC(=O)c1cc2c(Br)cc(NS(C)(=O)=O)cc2[nH]1. The molecular weight excluding hydrogens is 348 g/mol. The number of carbonyl (C=O) groups is 1. The van der Waals surface area contributed by atoms with Crippen molar-refractivity contribution in [1.29, 1.82) is 0 Å². The van der Waals surface area contributed by atoms with Gasteiger partial charge in [0.1, 0.15) is 5.69 Å². The fourth-order valence-corrected chi connectivity index (χ4v) is 2.91. The van der Waals surface area contributed by atoms with Crippen LogP contribution in [0.15, 0.2) is 22.7 Å². The second kappa shape index (κ2) is 5.45. The molecule has 2 N–H and O–H groups in total. The summed E-state index contributed by atoms with van der Waals surface area (Å²) in [5.41, 5.74) is 1.36. The minimum Gasteiger partial charge on any atom is -0.461 e. The van der Waals surface area contributed by atoms with Crippen LogP contribution in [0, 0.1) is 0 Å². The van der Waals surface area contributed by atoms with E-state index in [-0.39, 0.29) is 6.61 Å². The predicted molar refractivity (Wildman–Crippen MR) is 80.4 cm³/mol. The topological polar surface area (TPSA) is 88.3 Å². The van der Waals surface area contributed by atoms with Crippen LogP contribution in [0.2, 0.25) is 0 Å². The lowest BCUT2D eigenvalue weighted by molar-refractivity contribution is 0.0520. The zero-order valence-corrected chi connectivity index (χ0v) is 13.3. The number of halogens is 1. The van der Waals surface area contributed by atoms with Crippen molar-refractivity contribution in [3.05, 3.63) is 28.4 Å². The van der Waals surface area contributed by atoms with E-state index in [9.17, 15) is 13.2 Å². The van der Waals surface area contributed by atoms with Crippen LogP contribution in [0.5, 0.6) is 0 Å². The molecule has 108 valence electrons. The summed E-state index contributed by atoms with van der Waals surface area (Å²) in [6, 6.07) is 4.90. The molecule has 2 aromatic rings. The van der Waals surface area contributed by atoms with E-state index in [0.29, 0.717) is 21.4 Å². The second-order valence-corrected chi connectivity index (χ2v) is 6.80. The number of ether oxygens (including phenoxy) is 1. The summed E-state index contributed by atoms with van der Waals surface area (Å²) in [5.74, 6) is -0.451. The number of hydrogen-bond donors (Lipinski definition) is 2. The van der Waals surface area contributed by atoms with Gasteiger partial charge < -0.3 is 9.72 Å². The third-order valence-corrected chi connectivity index (χ3v) is 3.75. The second-order valence-electron chi connectivity index (χ2n) is 4.20. The van der Waals surface area contributed by atoms with Gasteiger partial charge in [-0.05, 0) is 25.1 Å². The van der Waals surface area contributed by atoms with Crippen LogP contribution in [0.3, 0.4) is 0 Å². The van der Waals surface area contributed by atoms with Gasteiger partial charge in [-0.1, -0.05) is 15.9 Å². The van der Waals surface area contributed by atoms with Crippen molar-refractivity contribution >= 4 is 48.5 Å². The highest BCUT2D eigenvalue weighted by atomic mass is 79.9. The van der Waals surface area contributed by atoms with Gasteiger partial charge in [-0.2, -0.15) is 0 Å². The molecule has 0 aliphatic carbocycles. The summed E-state index contributed by atoms with van der Waals surface area (Å²) in [5, 5.41) is 0.770. The molecule has 0 unspecified atom stereocenters. The average molecular weight is 361 g/mol. The Morgan fingerprint density at radius 1 is 1.40 bits per heavy atom. The number of hydrogen-bond acceptors (Lipinski definition) is 4. The number of nitrogens with one attached hydrogen (secondary N) is 2. The molecule has 0 radical (unpaired) electrons. The van der Waals surface area contributed by atoms with Crippen molar-refractivity contribution in [2.24, 2.45) is 0 Å². The lowest BCUT2D eigenvalue weighted by Gasteiger charge is -2.04. The van der Waals surface area contributed by atoms with E-state index in [1.165, 1.54) is 0 Å². The summed E-state index contributed by atoms with van der Waals surface area (Å²) in [4.78, 5) is 14.6. The third-order valence-electron chi connectivity index (χ3n) is 2.49. The van der Waals surface area contributed by atoms with Crippen molar-refractivity contribution in [3.63, 3.8) is 0 Å². The number of sulfonamides is 1. The van der Waals surface area contributed by atoms with Crippen molar-refractivity contribution in [2.75, 3.05) is 17.6 Å². The highest BCUT2D eigenvalue weighted by molar-refractivity contribution is 9.10. The summed E-state index contributed by atoms with van der Waals surface area (Å²) < 4.78 is 30.4. The Hall–Kier alpha value is -1.54. The number of carbonyl (C=O) groups excluding carboxylic acids is 1. The first kappa shape index (κ1) is 14.9. The smallest absolute Gasteiger partial charge is 0.354 e. The van der Waals surface area contributed by atoms with Crippen LogP contribution >= 0.6 is 15.9 Å². The van der Waals surface area contributed by atoms with E-state index in [4.69, 9.17) is 4.74 Å². The molecule has 0 spiro atoms. The van der Waals surface area contributed by atoms with E-state index in [0.717, 1.165) is 11.6 Å². The van der Waals surface area contributed by atoms with Crippen molar-refractivity contribution in [2.45, 2.75) is 6.92 Å². The van der Waals surface area contributed by atoms with Gasteiger partial charge in [-0.25, -0.2) is 13.2 Å². The van der Waals surface area contributed by atoms with Crippen LogP contribution in [-0.4, -0.2) is 32.2 Å². The predicted octanol–water partition coefficient (Wildman–Crippen LogP) is 2.48. The van der Waals surface area contributed by atoms with E-state index < -0.39 is 16.0 Å². The number of aromatic nitrogens is 1. The zero-order valence-electron chi connectivity index (χ0n) is 10.9. The average Bonchev–Trinajstić information content (AvgIpc) is 2.71. The number of esters is 1. The summed E-state index contributed by atoms with van der Waals surface area (Å²) in [6.45, 7) is 2.01. The Labute approximate surface area is 124 Å². The number of fused-ring (bicyclic) bond motifs is 1. The maximum atomic E-state index is 11.7. The van der Waals surface area contributed by atoms with Gasteiger partial charge in [-0.3, -0.25) is 4.72 Å². The quantitative estimate of drug-likeness (QED) is 0.819. The number of H-pyrrole nitrogens is 1. The van der Waals surface area contributed by atoms with E-state index >= 15 is 0 Å². The van der Waals surface area contributed by atoms with Crippen molar-refractivity contribution < 1.29 is 17.9 Å². The maximum Gasteiger partial charge on any atom is 0.354 e. The molecule has 1 heterocycles. The van der Waals surface area contributed by atoms with Gasteiger partial charge in [0.25, 0.3) is 0 Å². The molecule has 0 aliphatic rings. The Morgan fingerprint density at radius 2 is 2.10 bits per heavy atom. The van der Waals surface area contributed by atoms with Crippen LogP contribution < -0.4 is 4.72 Å². The van der Waals surface area contributed by atoms with Gasteiger partial charge in [0, 0.05) is 15.4 Å².